The van der Waals surface area contributed by atoms with Crippen LogP contribution in [0.3, 0.4) is 0 Å². The fourth-order valence-electron chi connectivity index (χ4n) is 1.94. The maximum absolute atomic E-state index is 11.4. The number of halogens is 1. The van der Waals surface area contributed by atoms with Crippen LogP contribution in [-0.4, -0.2) is 24.7 Å². The zero-order valence-corrected chi connectivity index (χ0v) is 10.9. The fraction of sp³-hybridized carbons (Fsp3) is 0.417. The number of ether oxygens (including phenoxy) is 1. The summed E-state index contributed by atoms with van der Waals surface area (Å²) in [5.41, 5.74) is 6.27. The normalized spacial score (nSPS) is 21.1. The van der Waals surface area contributed by atoms with Gasteiger partial charge in [-0.15, -0.1) is 0 Å². The molecule has 1 amide bonds. The summed E-state index contributed by atoms with van der Waals surface area (Å²) >= 11 is 3.36. The third-order valence-corrected chi connectivity index (χ3v) is 3.34. The number of nitrogens with one attached hydrogen (secondary N) is 1. The zero-order valence-electron chi connectivity index (χ0n) is 9.36. The van der Waals surface area contributed by atoms with Crippen molar-refractivity contribution < 1.29 is 9.53 Å². The fourth-order valence-corrected chi connectivity index (χ4v) is 2.20. The Morgan fingerprint density at radius 2 is 2.18 bits per heavy atom. The molecule has 5 heteroatoms. The Hall–Kier alpha value is -1.07. The molecule has 1 heterocycles. The molecule has 1 aliphatic rings. The lowest BCUT2D eigenvalue weighted by Gasteiger charge is -2.22. The molecule has 0 spiro atoms. The molecule has 1 aliphatic heterocycles. The van der Waals surface area contributed by atoms with Gasteiger partial charge in [0, 0.05) is 16.8 Å². The summed E-state index contributed by atoms with van der Waals surface area (Å²) < 4.78 is 6.50. The van der Waals surface area contributed by atoms with Gasteiger partial charge >= 0.3 is 0 Å². The SMILES string of the molecule is NC(=O)C(Nc1ccc(Br)cc1)C1CCCO1. The number of benzene rings is 1. The minimum atomic E-state index is -0.460. The summed E-state index contributed by atoms with van der Waals surface area (Å²) in [4.78, 5) is 11.4. The molecule has 92 valence electrons. The molecule has 2 atom stereocenters. The molecule has 0 aliphatic carbocycles. The van der Waals surface area contributed by atoms with E-state index in [-0.39, 0.29) is 12.0 Å². The van der Waals surface area contributed by atoms with E-state index in [0.29, 0.717) is 6.61 Å². The van der Waals surface area contributed by atoms with Crippen molar-refractivity contribution in [2.75, 3.05) is 11.9 Å². The van der Waals surface area contributed by atoms with Crippen molar-refractivity contribution in [3.63, 3.8) is 0 Å². The van der Waals surface area contributed by atoms with Gasteiger partial charge in [0.15, 0.2) is 0 Å². The summed E-state index contributed by atoms with van der Waals surface area (Å²) in [5.74, 6) is -0.375. The molecule has 1 fully saturated rings. The minimum Gasteiger partial charge on any atom is -0.376 e. The first-order chi connectivity index (χ1) is 8.16. The monoisotopic (exact) mass is 298 g/mol. The molecule has 1 aromatic carbocycles. The Bertz CT molecular complexity index is 388. The average Bonchev–Trinajstić information content (AvgIpc) is 2.81. The maximum Gasteiger partial charge on any atom is 0.242 e. The predicted octanol–water partition coefficient (Wildman–Crippen LogP) is 1.89. The highest BCUT2D eigenvalue weighted by molar-refractivity contribution is 9.10. The van der Waals surface area contributed by atoms with E-state index in [0.717, 1.165) is 23.0 Å². The number of carbonyl (C=O) groups is 1. The van der Waals surface area contributed by atoms with Gasteiger partial charge in [-0.2, -0.15) is 0 Å². The molecular formula is C12H15BrN2O2. The van der Waals surface area contributed by atoms with E-state index in [9.17, 15) is 4.79 Å². The van der Waals surface area contributed by atoms with Crippen LogP contribution >= 0.6 is 15.9 Å². The Labute approximate surface area is 109 Å². The highest BCUT2D eigenvalue weighted by atomic mass is 79.9. The standard InChI is InChI=1S/C12H15BrN2O2/c13-8-3-5-9(6-4-8)15-11(12(14)16)10-2-1-7-17-10/h3-6,10-11,15H,1-2,7H2,(H2,14,16). The molecule has 2 rings (SSSR count). The average molecular weight is 299 g/mol. The second kappa shape index (κ2) is 5.51. The lowest BCUT2D eigenvalue weighted by molar-refractivity contribution is -0.121. The zero-order chi connectivity index (χ0) is 12.3. The highest BCUT2D eigenvalue weighted by Gasteiger charge is 2.30. The number of hydrogen-bond donors (Lipinski definition) is 2. The van der Waals surface area contributed by atoms with Crippen molar-refractivity contribution in [2.24, 2.45) is 5.73 Å². The second-order valence-electron chi connectivity index (χ2n) is 4.08. The Kier molecular flexibility index (Phi) is 4.02. The van der Waals surface area contributed by atoms with Gasteiger partial charge in [0.05, 0.1) is 6.10 Å². The molecule has 4 nitrogen and oxygen atoms in total. The molecule has 1 aromatic rings. The molecule has 1 saturated heterocycles. The molecule has 3 N–H and O–H groups in total. The van der Waals surface area contributed by atoms with E-state index in [4.69, 9.17) is 10.5 Å². The van der Waals surface area contributed by atoms with Crippen molar-refractivity contribution >= 4 is 27.5 Å². The van der Waals surface area contributed by atoms with Gasteiger partial charge in [-0.05, 0) is 37.1 Å². The Morgan fingerprint density at radius 3 is 2.71 bits per heavy atom. The van der Waals surface area contributed by atoms with Gasteiger partial charge in [0.25, 0.3) is 0 Å². The third kappa shape index (κ3) is 3.20. The lowest BCUT2D eigenvalue weighted by Crippen LogP contribution is -2.44. The third-order valence-electron chi connectivity index (χ3n) is 2.81. The van der Waals surface area contributed by atoms with Gasteiger partial charge in [-0.25, -0.2) is 0 Å². The molecule has 0 bridgehead atoms. The first-order valence-electron chi connectivity index (χ1n) is 5.60. The number of rotatable bonds is 4. The van der Waals surface area contributed by atoms with E-state index in [1.807, 2.05) is 24.3 Å². The van der Waals surface area contributed by atoms with Gasteiger partial charge in [0.2, 0.25) is 5.91 Å². The largest absolute Gasteiger partial charge is 0.376 e. The lowest BCUT2D eigenvalue weighted by atomic mass is 10.1. The maximum atomic E-state index is 11.4. The van der Waals surface area contributed by atoms with E-state index < -0.39 is 6.04 Å². The van der Waals surface area contributed by atoms with E-state index in [1.165, 1.54) is 0 Å². The van der Waals surface area contributed by atoms with E-state index >= 15 is 0 Å². The van der Waals surface area contributed by atoms with Crippen LogP contribution in [0.25, 0.3) is 0 Å². The number of primary amides is 1. The van der Waals surface area contributed by atoms with Gasteiger partial charge in [-0.1, -0.05) is 15.9 Å². The summed E-state index contributed by atoms with van der Waals surface area (Å²) in [7, 11) is 0. The molecule has 0 saturated carbocycles. The minimum absolute atomic E-state index is 0.115. The van der Waals surface area contributed by atoms with Gasteiger partial charge in [0.1, 0.15) is 6.04 Å². The van der Waals surface area contributed by atoms with Crippen molar-refractivity contribution in [1.82, 2.24) is 0 Å². The van der Waals surface area contributed by atoms with Crippen molar-refractivity contribution in [1.29, 1.82) is 0 Å². The summed E-state index contributed by atoms with van der Waals surface area (Å²) in [6.07, 6.45) is 1.74. The first-order valence-corrected chi connectivity index (χ1v) is 6.39. The van der Waals surface area contributed by atoms with Crippen LogP contribution in [0.5, 0.6) is 0 Å². The van der Waals surface area contributed by atoms with Gasteiger partial charge in [-0.3, -0.25) is 4.79 Å². The van der Waals surface area contributed by atoms with Crippen molar-refractivity contribution in [3.05, 3.63) is 28.7 Å². The summed E-state index contributed by atoms with van der Waals surface area (Å²) in [5, 5.41) is 3.13. The van der Waals surface area contributed by atoms with Crippen LogP contribution in [-0.2, 0) is 9.53 Å². The molecule has 17 heavy (non-hydrogen) atoms. The number of nitrogens with two attached hydrogens (primary N) is 1. The molecule has 0 radical (unpaired) electrons. The first kappa shape index (κ1) is 12.4. The highest BCUT2D eigenvalue weighted by Crippen LogP contribution is 2.20. The predicted molar refractivity (Wildman–Crippen MR) is 69.7 cm³/mol. The Morgan fingerprint density at radius 1 is 1.47 bits per heavy atom. The van der Waals surface area contributed by atoms with Crippen LogP contribution in [0.15, 0.2) is 28.7 Å². The second-order valence-corrected chi connectivity index (χ2v) is 5.00. The van der Waals surface area contributed by atoms with E-state index in [1.54, 1.807) is 0 Å². The van der Waals surface area contributed by atoms with Crippen molar-refractivity contribution in [2.45, 2.75) is 25.0 Å². The summed E-state index contributed by atoms with van der Waals surface area (Å²) in [6.45, 7) is 0.705. The smallest absolute Gasteiger partial charge is 0.242 e. The van der Waals surface area contributed by atoms with Crippen LogP contribution in [0.1, 0.15) is 12.8 Å². The van der Waals surface area contributed by atoms with Gasteiger partial charge < -0.3 is 15.8 Å². The molecular weight excluding hydrogens is 284 g/mol. The Balaban J connectivity index is 2.06. The van der Waals surface area contributed by atoms with Crippen molar-refractivity contribution in [3.8, 4) is 0 Å². The molecule has 2 unspecified atom stereocenters. The summed E-state index contributed by atoms with van der Waals surface area (Å²) in [6, 6.07) is 7.16. The van der Waals surface area contributed by atoms with Crippen LogP contribution < -0.4 is 11.1 Å². The topological polar surface area (TPSA) is 64.4 Å². The number of amides is 1. The number of carbonyl (C=O) groups excluding carboxylic acids is 1. The van der Waals surface area contributed by atoms with Crippen LogP contribution in [0.2, 0.25) is 0 Å². The number of hydrogen-bond acceptors (Lipinski definition) is 3. The quantitative estimate of drug-likeness (QED) is 0.892. The number of anilines is 1. The van der Waals surface area contributed by atoms with Crippen LogP contribution in [0, 0.1) is 0 Å². The van der Waals surface area contributed by atoms with Crippen LogP contribution in [0.4, 0.5) is 5.69 Å². The van der Waals surface area contributed by atoms with E-state index in [2.05, 4.69) is 21.2 Å². The molecule has 0 aromatic heterocycles.